The van der Waals surface area contributed by atoms with Crippen molar-refractivity contribution in [3.8, 4) is 11.5 Å². The van der Waals surface area contributed by atoms with E-state index in [2.05, 4.69) is 15.5 Å². The van der Waals surface area contributed by atoms with Crippen molar-refractivity contribution in [3.63, 3.8) is 0 Å². The van der Waals surface area contributed by atoms with Crippen LogP contribution in [0.2, 0.25) is 0 Å². The molecule has 254 valence electrons. The SMILES string of the molecule is Cc1cccc(Cc2nnc(C(=O)[C@@H](NC(=O)CN3C(=O)CN(Cc4ccc5c(c4)OCCO5)C(=O)[C@H]3Cc3ccccc3)C(C)C)o2)c1. The molecular formula is C37H39N5O7. The molecule has 3 aromatic carbocycles. The van der Waals surface area contributed by atoms with Gasteiger partial charge in [-0.15, -0.1) is 10.2 Å². The van der Waals surface area contributed by atoms with Gasteiger partial charge in [0.05, 0.1) is 12.5 Å². The summed E-state index contributed by atoms with van der Waals surface area (Å²) in [6.45, 7) is 6.04. The van der Waals surface area contributed by atoms with E-state index in [0.29, 0.717) is 31.1 Å². The second-order valence-corrected chi connectivity index (χ2v) is 12.7. The zero-order valence-corrected chi connectivity index (χ0v) is 27.8. The number of piperazine rings is 1. The van der Waals surface area contributed by atoms with E-state index in [9.17, 15) is 19.2 Å². The van der Waals surface area contributed by atoms with Crippen LogP contribution >= 0.6 is 0 Å². The molecule has 0 aliphatic carbocycles. The molecule has 1 aromatic heterocycles. The molecule has 3 heterocycles. The van der Waals surface area contributed by atoms with Crippen molar-refractivity contribution in [2.24, 2.45) is 5.92 Å². The number of Topliss-reactive ketones (excluding diaryl/α,β-unsaturated/α-hetero) is 1. The average molecular weight is 666 g/mol. The van der Waals surface area contributed by atoms with Crippen LogP contribution in [-0.2, 0) is 33.8 Å². The molecule has 12 heteroatoms. The van der Waals surface area contributed by atoms with Gasteiger partial charge in [-0.2, -0.15) is 0 Å². The van der Waals surface area contributed by atoms with Crippen LogP contribution in [0.15, 0.2) is 77.2 Å². The summed E-state index contributed by atoms with van der Waals surface area (Å²) in [5.74, 6) is -0.791. The maximum atomic E-state index is 14.0. The molecule has 1 N–H and O–H groups in total. The summed E-state index contributed by atoms with van der Waals surface area (Å²) in [4.78, 5) is 57.5. The van der Waals surface area contributed by atoms with Crippen LogP contribution < -0.4 is 14.8 Å². The molecule has 49 heavy (non-hydrogen) atoms. The quantitative estimate of drug-likeness (QED) is 0.225. The fraction of sp³-hybridized carbons (Fsp3) is 0.351. The van der Waals surface area contributed by atoms with Crippen LogP contribution in [0.5, 0.6) is 11.5 Å². The highest BCUT2D eigenvalue weighted by molar-refractivity contribution is 6.00. The number of fused-ring (bicyclic) bond motifs is 1. The molecule has 1 saturated heterocycles. The highest BCUT2D eigenvalue weighted by Gasteiger charge is 2.41. The highest BCUT2D eigenvalue weighted by atomic mass is 16.6. The van der Waals surface area contributed by atoms with E-state index in [4.69, 9.17) is 13.9 Å². The second-order valence-electron chi connectivity index (χ2n) is 12.7. The van der Waals surface area contributed by atoms with Crippen molar-refractivity contribution in [1.82, 2.24) is 25.3 Å². The predicted molar refractivity (Wildman–Crippen MR) is 178 cm³/mol. The van der Waals surface area contributed by atoms with Crippen LogP contribution in [0, 0.1) is 12.8 Å². The standard InChI is InChI=1S/C37H39N5O7/c1-23(2)34(35(45)36-40-39-32(49-36)19-26-11-7-8-24(3)16-26)38-31(43)21-42-28(17-25-9-5-4-6-10-25)37(46)41(22-33(42)44)20-27-12-13-29-30(18-27)48-15-14-47-29/h4-13,16,18,23,28,34H,14-15,17,19-22H2,1-3H3,(H,38,43)/t28-,34+/m1/s1. The van der Waals surface area contributed by atoms with Gasteiger partial charge in [-0.3, -0.25) is 19.2 Å². The van der Waals surface area contributed by atoms with E-state index in [0.717, 1.165) is 22.3 Å². The minimum Gasteiger partial charge on any atom is -0.486 e. The molecule has 2 atom stereocenters. The molecule has 0 saturated carbocycles. The summed E-state index contributed by atoms with van der Waals surface area (Å²) in [7, 11) is 0. The first kappa shape index (κ1) is 33.4. The summed E-state index contributed by atoms with van der Waals surface area (Å²) in [6, 6.07) is 20.7. The lowest BCUT2D eigenvalue weighted by Gasteiger charge is -2.40. The van der Waals surface area contributed by atoms with Gasteiger partial charge in [0.25, 0.3) is 5.89 Å². The molecule has 6 rings (SSSR count). The lowest BCUT2D eigenvalue weighted by atomic mass is 9.99. The van der Waals surface area contributed by atoms with Crippen LogP contribution in [0.1, 0.15) is 52.7 Å². The summed E-state index contributed by atoms with van der Waals surface area (Å²) < 4.78 is 17.0. The van der Waals surface area contributed by atoms with Crippen molar-refractivity contribution in [3.05, 3.63) is 107 Å². The van der Waals surface area contributed by atoms with Crippen LogP contribution in [0.3, 0.4) is 0 Å². The van der Waals surface area contributed by atoms with Crippen molar-refractivity contribution in [1.29, 1.82) is 0 Å². The first-order valence-corrected chi connectivity index (χ1v) is 16.4. The van der Waals surface area contributed by atoms with Crippen LogP contribution in [0.4, 0.5) is 0 Å². The van der Waals surface area contributed by atoms with Gasteiger partial charge in [0.2, 0.25) is 29.4 Å². The molecular weight excluding hydrogens is 626 g/mol. The third-order valence-corrected chi connectivity index (χ3v) is 8.57. The number of carbonyl (C=O) groups excluding carboxylic acids is 4. The second kappa shape index (κ2) is 14.7. The first-order chi connectivity index (χ1) is 23.6. The Morgan fingerprint density at radius 3 is 2.41 bits per heavy atom. The Balaban J connectivity index is 1.16. The smallest absolute Gasteiger partial charge is 0.286 e. The number of aromatic nitrogens is 2. The van der Waals surface area contributed by atoms with E-state index in [1.54, 1.807) is 19.9 Å². The van der Waals surface area contributed by atoms with Gasteiger partial charge in [-0.1, -0.05) is 80.1 Å². The summed E-state index contributed by atoms with van der Waals surface area (Å²) in [6.07, 6.45) is 0.578. The Morgan fingerprint density at radius 2 is 1.65 bits per heavy atom. The third kappa shape index (κ3) is 7.97. The maximum Gasteiger partial charge on any atom is 0.286 e. The topological polar surface area (TPSA) is 144 Å². The van der Waals surface area contributed by atoms with Crippen molar-refractivity contribution < 1.29 is 33.1 Å². The monoisotopic (exact) mass is 665 g/mol. The minimum atomic E-state index is -0.991. The number of amides is 3. The number of rotatable bonds is 12. The predicted octanol–water partition coefficient (Wildman–Crippen LogP) is 3.55. The lowest BCUT2D eigenvalue weighted by molar-refractivity contribution is -0.157. The average Bonchev–Trinajstić information content (AvgIpc) is 3.56. The largest absolute Gasteiger partial charge is 0.486 e. The number of ether oxygens (including phenoxy) is 2. The van der Waals surface area contributed by atoms with Gasteiger partial charge in [-0.25, -0.2) is 0 Å². The normalized spacial score (nSPS) is 16.5. The Labute approximate surface area is 284 Å². The summed E-state index contributed by atoms with van der Waals surface area (Å²) >= 11 is 0. The van der Waals surface area contributed by atoms with Crippen LogP contribution in [-0.4, -0.2) is 81.9 Å². The lowest BCUT2D eigenvalue weighted by Crippen LogP contribution is -2.62. The van der Waals surface area contributed by atoms with E-state index in [1.165, 1.54) is 9.80 Å². The molecule has 12 nitrogen and oxygen atoms in total. The zero-order chi connectivity index (χ0) is 34.5. The number of hydrogen-bond donors (Lipinski definition) is 1. The molecule has 0 spiro atoms. The summed E-state index contributed by atoms with van der Waals surface area (Å²) in [5, 5.41) is 10.8. The van der Waals surface area contributed by atoms with Crippen molar-refractivity contribution in [2.45, 2.75) is 52.2 Å². The number of carbonyl (C=O) groups is 4. The van der Waals surface area contributed by atoms with Crippen LogP contribution in [0.25, 0.3) is 0 Å². The first-order valence-electron chi connectivity index (χ1n) is 16.4. The summed E-state index contributed by atoms with van der Waals surface area (Å²) in [5.41, 5.74) is 3.68. The Bertz CT molecular complexity index is 1840. The Morgan fingerprint density at radius 1 is 0.898 bits per heavy atom. The van der Waals surface area contributed by atoms with E-state index in [1.807, 2.05) is 73.7 Å². The maximum absolute atomic E-state index is 14.0. The van der Waals surface area contributed by atoms with Gasteiger partial charge < -0.3 is 29.0 Å². The molecule has 0 bridgehead atoms. The Kier molecular flexibility index (Phi) is 10.0. The minimum absolute atomic E-state index is 0.187. The number of nitrogens with zero attached hydrogens (tertiary/aromatic N) is 4. The van der Waals surface area contributed by atoms with Gasteiger partial charge in [-0.05, 0) is 41.7 Å². The van der Waals surface area contributed by atoms with E-state index in [-0.39, 0.29) is 49.0 Å². The number of ketones is 1. The highest BCUT2D eigenvalue weighted by Crippen LogP contribution is 2.31. The number of benzene rings is 3. The van der Waals surface area contributed by atoms with Gasteiger partial charge in [0, 0.05) is 13.0 Å². The molecule has 2 aliphatic rings. The van der Waals surface area contributed by atoms with Gasteiger partial charge in [0.1, 0.15) is 32.3 Å². The zero-order valence-electron chi connectivity index (χ0n) is 27.8. The number of aryl methyl sites for hydroxylation is 1. The molecule has 0 unspecified atom stereocenters. The van der Waals surface area contributed by atoms with Crippen molar-refractivity contribution >= 4 is 23.5 Å². The number of nitrogens with one attached hydrogen (secondary N) is 1. The van der Waals surface area contributed by atoms with Crippen molar-refractivity contribution in [2.75, 3.05) is 26.3 Å². The molecule has 4 aromatic rings. The third-order valence-electron chi connectivity index (χ3n) is 8.57. The molecule has 3 amide bonds. The van der Waals surface area contributed by atoms with E-state index < -0.39 is 30.3 Å². The number of hydrogen-bond acceptors (Lipinski definition) is 9. The van der Waals surface area contributed by atoms with Gasteiger partial charge in [0.15, 0.2) is 11.5 Å². The molecule has 1 fully saturated rings. The molecule has 2 aliphatic heterocycles. The fourth-order valence-electron chi connectivity index (χ4n) is 6.09. The fourth-order valence-corrected chi connectivity index (χ4v) is 6.09. The van der Waals surface area contributed by atoms with Gasteiger partial charge >= 0.3 is 0 Å². The Hall–Kier alpha value is -5.52. The molecule has 0 radical (unpaired) electrons. The van der Waals surface area contributed by atoms with E-state index >= 15 is 0 Å².